The Morgan fingerprint density at radius 1 is 1.34 bits per heavy atom. The van der Waals surface area contributed by atoms with Gasteiger partial charge in [0.15, 0.2) is 5.82 Å². The number of H-pyrrole nitrogens is 1. The molecule has 4 rings (SSSR count). The number of rotatable bonds is 12. The van der Waals surface area contributed by atoms with Gasteiger partial charge in [-0.05, 0) is 66.8 Å². The Kier molecular flexibility index (Phi) is 8.48. The van der Waals surface area contributed by atoms with Crippen LogP contribution in [0.3, 0.4) is 0 Å². The highest BCUT2D eigenvalue weighted by Crippen LogP contribution is 2.29. The number of aliphatic hydroxyl groups excluding tert-OH is 1. The molecule has 190 valence electrons. The molecule has 1 fully saturated rings. The Labute approximate surface area is 205 Å². The fourth-order valence-electron chi connectivity index (χ4n) is 4.83. The first kappa shape index (κ1) is 25.3. The second-order valence-electron chi connectivity index (χ2n) is 9.40. The summed E-state index contributed by atoms with van der Waals surface area (Å²) in [6.07, 6.45) is 2.74. The fourth-order valence-corrected chi connectivity index (χ4v) is 4.83. The molecule has 2 atom stereocenters. The molecule has 0 amide bonds. The molecule has 0 bridgehead atoms. The molecule has 0 aliphatic carbocycles. The van der Waals surface area contributed by atoms with Crippen LogP contribution < -0.4 is 10.3 Å². The zero-order chi connectivity index (χ0) is 24.8. The summed E-state index contributed by atoms with van der Waals surface area (Å²) in [5, 5.41) is 23.1. The molecule has 1 aliphatic rings. The predicted molar refractivity (Wildman–Crippen MR) is 132 cm³/mol. The first-order valence-electron chi connectivity index (χ1n) is 12.5. The lowest BCUT2D eigenvalue weighted by Crippen LogP contribution is -2.37. The highest BCUT2D eigenvalue weighted by molar-refractivity contribution is 5.80. The lowest BCUT2D eigenvalue weighted by molar-refractivity contribution is 0.0851. The maximum Gasteiger partial charge on any atom is 0.252 e. The van der Waals surface area contributed by atoms with E-state index in [1.165, 1.54) is 0 Å². The van der Waals surface area contributed by atoms with Crippen molar-refractivity contribution < 1.29 is 14.6 Å². The van der Waals surface area contributed by atoms with Crippen molar-refractivity contribution in [2.75, 3.05) is 26.4 Å². The summed E-state index contributed by atoms with van der Waals surface area (Å²) in [5.74, 6) is 1.69. The zero-order valence-electron chi connectivity index (χ0n) is 20.8. The van der Waals surface area contributed by atoms with E-state index < -0.39 is 0 Å². The lowest BCUT2D eigenvalue weighted by atomic mass is 10.00. The van der Waals surface area contributed by atoms with Gasteiger partial charge in [-0.3, -0.25) is 9.69 Å². The van der Waals surface area contributed by atoms with Gasteiger partial charge in [0.1, 0.15) is 5.75 Å². The van der Waals surface area contributed by atoms with Crippen molar-refractivity contribution in [3.63, 3.8) is 0 Å². The summed E-state index contributed by atoms with van der Waals surface area (Å²) in [6, 6.07) is 7.46. The molecule has 2 N–H and O–H groups in total. The average Bonchev–Trinajstić information content (AvgIpc) is 3.51. The van der Waals surface area contributed by atoms with Crippen molar-refractivity contribution in [3.8, 4) is 5.75 Å². The molecule has 0 radical (unpaired) electrons. The first-order chi connectivity index (χ1) is 17.0. The summed E-state index contributed by atoms with van der Waals surface area (Å²) in [5.41, 5.74) is 1.29. The van der Waals surface area contributed by atoms with E-state index >= 15 is 0 Å². The van der Waals surface area contributed by atoms with E-state index in [0.717, 1.165) is 41.9 Å². The van der Waals surface area contributed by atoms with E-state index in [2.05, 4.69) is 39.3 Å². The number of hydrogen-bond acceptors (Lipinski definition) is 8. The third kappa shape index (κ3) is 6.06. The largest absolute Gasteiger partial charge is 0.494 e. The minimum absolute atomic E-state index is 0.0635. The number of aromatic nitrogens is 5. The van der Waals surface area contributed by atoms with Crippen LogP contribution in [0.4, 0.5) is 0 Å². The zero-order valence-corrected chi connectivity index (χ0v) is 20.8. The molecule has 1 aromatic carbocycles. The number of ether oxygens (including phenoxy) is 2. The van der Waals surface area contributed by atoms with Gasteiger partial charge in [0.05, 0.1) is 25.3 Å². The van der Waals surface area contributed by atoms with Crippen LogP contribution in [0.5, 0.6) is 5.75 Å². The van der Waals surface area contributed by atoms with Crippen molar-refractivity contribution in [2.24, 2.45) is 5.92 Å². The van der Waals surface area contributed by atoms with Crippen LogP contribution in [0.1, 0.15) is 57.5 Å². The maximum absolute atomic E-state index is 13.0. The lowest BCUT2D eigenvalue weighted by Gasteiger charge is -2.33. The number of pyridine rings is 1. The number of nitrogens with zero attached hydrogens (tertiary/aromatic N) is 5. The van der Waals surface area contributed by atoms with Crippen molar-refractivity contribution in [1.82, 2.24) is 30.1 Å². The van der Waals surface area contributed by atoms with Crippen molar-refractivity contribution >= 4 is 10.9 Å². The normalized spacial score (nSPS) is 17.0. The summed E-state index contributed by atoms with van der Waals surface area (Å²) in [7, 11) is 0. The van der Waals surface area contributed by atoms with Gasteiger partial charge in [-0.1, -0.05) is 13.8 Å². The van der Waals surface area contributed by atoms with Gasteiger partial charge in [0, 0.05) is 42.8 Å². The van der Waals surface area contributed by atoms with Gasteiger partial charge in [0.2, 0.25) is 0 Å². The molecular weight excluding hydrogens is 448 g/mol. The van der Waals surface area contributed by atoms with Gasteiger partial charge >= 0.3 is 0 Å². The monoisotopic (exact) mass is 484 g/mol. The molecule has 10 nitrogen and oxygen atoms in total. The van der Waals surface area contributed by atoms with Crippen molar-refractivity contribution in [2.45, 2.75) is 65.3 Å². The van der Waals surface area contributed by atoms with E-state index in [-0.39, 0.29) is 30.2 Å². The molecule has 0 saturated carbocycles. The molecule has 2 unspecified atom stereocenters. The second-order valence-corrected chi connectivity index (χ2v) is 9.40. The number of fused-ring (bicyclic) bond motifs is 1. The molecule has 3 heterocycles. The van der Waals surface area contributed by atoms with Gasteiger partial charge in [-0.25, -0.2) is 4.68 Å². The molecule has 0 spiro atoms. The SMILES string of the molecule is CCOc1ccc2[nH]c(=O)c(CN(CCCO)C(c3nnnn3CC3CCCO3)C(C)C)cc2c1. The maximum atomic E-state index is 13.0. The smallest absolute Gasteiger partial charge is 0.252 e. The quantitative estimate of drug-likeness (QED) is 0.403. The Bertz CT molecular complexity index is 1150. The first-order valence-corrected chi connectivity index (χ1v) is 12.5. The summed E-state index contributed by atoms with van der Waals surface area (Å²) < 4.78 is 13.3. The van der Waals surface area contributed by atoms with Crippen LogP contribution in [-0.4, -0.2) is 67.7 Å². The Morgan fingerprint density at radius 2 is 2.20 bits per heavy atom. The Morgan fingerprint density at radius 3 is 2.91 bits per heavy atom. The van der Waals surface area contributed by atoms with E-state index in [1.807, 2.05) is 35.9 Å². The molecule has 35 heavy (non-hydrogen) atoms. The van der Waals surface area contributed by atoms with Crippen molar-refractivity contribution in [3.05, 3.63) is 46.0 Å². The number of nitrogens with one attached hydrogen (secondary N) is 1. The molecule has 1 saturated heterocycles. The van der Waals surface area contributed by atoms with Crippen LogP contribution in [-0.2, 0) is 17.8 Å². The van der Waals surface area contributed by atoms with E-state index in [0.29, 0.717) is 38.2 Å². The van der Waals surface area contributed by atoms with Crippen LogP contribution in [0.25, 0.3) is 10.9 Å². The number of aromatic amines is 1. The Hall–Kier alpha value is -2.82. The molecule has 1 aliphatic heterocycles. The van der Waals surface area contributed by atoms with E-state index in [4.69, 9.17) is 9.47 Å². The van der Waals surface area contributed by atoms with Crippen LogP contribution in [0.15, 0.2) is 29.1 Å². The fraction of sp³-hybridized carbons (Fsp3) is 0.600. The average molecular weight is 485 g/mol. The molecule has 2 aromatic heterocycles. The number of benzene rings is 1. The summed E-state index contributed by atoms with van der Waals surface area (Å²) in [4.78, 5) is 18.2. The molecule has 3 aromatic rings. The standard InChI is InChI=1S/C25H36N6O4/c1-4-34-20-8-9-22-18(14-20)13-19(25(33)26-22)15-30(10-6-11-32)23(17(2)3)24-27-28-29-31(24)16-21-7-5-12-35-21/h8-9,13-14,17,21,23,32H,4-7,10-12,15-16H2,1-3H3,(H,26,33). The predicted octanol–water partition coefficient (Wildman–Crippen LogP) is 2.67. The van der Waals surface area contributed by atoms with Crippen molar-refractivity contribution in [1.29, 1.82) is 0 Å². The van der Waals surface area contributed by atoms with Gasteiger partial charge in [-0.15, -0.1) is 5.10 Å². The van der Waals surface area contributed by atoms with Gasteiger partial charge in [-0.2, -0.15) is 0 Å². The van der Waals surface area contributed by atoms with E-state index in [9.17, 15) is 9.90 Å². The van der Waals surface area contributed by atoms with E-state index in [1.54, 1.807) is 0 Å². The van der Waals surface area contributed by atoms with Gasteiger partial charge in [0.25, 0.3) is 5.56 Å². The minimum atomic E-state index is -0.136. The third-order valence-electron chi connectivity index (χ3n) is 6.43. The van der Waals surface area contributed by atoms with Gasteiger partial charge < -0.3 is 19.6 Å². The van der Waals surface area contributed by atoms with Crippen LogP contribution >= 0.6 is 0 Å². The second kappa shape index (κ2) is 11.7. The third-order valence-corrected chi connectivity index (χ3v) is 6.43. The minimum Gasteiger partial charge on any atom is -0.494 e. The summed E-state index contributed by atoms with van der Waals surface area (Å²) in [6.45, 7) is 9.22. The number of aliphatic hydroxyl groups is 1. The summed E-state index contributed by atoms with van der Waals surface area (Å²) >= 11 is 0. The highest BCUT2D eigenvalue weighted by Gasteiger charge is 2.31. The number of tetrazole rings is 1. The highest BCUT2D eigenvalue weighted by atomic mass is 16.5. The number of hydrogen-bond donors (Lipinski definition) is 2. The van der Waals surface area contributed by atoms with Crippen LogP contribution in [0.2, 0.25) is 0 Å². The topological polar surface area (TPSA) is 118 Å². The Balaban J connectivity index is 1.66. The molecule has 10 heteroatoms. The molecular formula is C25H36N6O4. The van der Waals surface area contributed by atoms with Crippen LogP contribution in [0, 0.1) is 5.92 Å².